The molecule has 2 amide bonds. The Morgan fingerprint density at radius 2 is 1.74 bits per heavy atom. The third kappa shape index (κ3) is 4.23. The second-order valence-corrected chi connectivity index (χ2v) is 7.49. The van der Waals surface area contributed by atoms with Crippen LogP contribution in [0.5, 0.6) is 0 Å². The predicted molar refractivity (Wildman–Crippen MR) is 108 cm³/mol. The number of carbonyl (C=O) groups is 1. The number of carbonyl (C=O) groups excluding carboxylic acids is 1. The lowest BCUT2D eigenvalue weighted by Crippen LogP contribution is -2.44. The van der Waals surface area contributed by atoms with Crippen LogP contribution in [-0.4, -0.2) is 22.5 Å². The maximum absolute atomic E-state index is 13.2. The van der Waals surface area contributed by atoms with Crippen molar-refractivity contribution in [2.75, 3.05) is 11.9 Å². The summed E-state index contributed by atoms with van der Waals surface area (Å²) in [5.41, 5.74) is 1.74. The number of aromatic nitrogens is 1. The third-order valence-corrected chi connectivity index (χ3v) is 5.35. The van der Waals surface area contributed by atoms with Gasteiger partial charge in [-0.3, -0.25) is 4.98 Å². The van der Waals surface area contributed by atoms with Crippen LogP contribution < -0.4 is 5.32 Å². The standard InChI is InChI=1S/C23H19F4N3O/c1-14-13-30(22(31)29-18-10-8-17(24)9-11-18)21(20-19(14)3-2-12-28-20)15-4-6-16(7-5-15)23(25,26)27/h2-12,14,21H,13H2,1H3,(H,29,31)/t14-,21-/m1/s1. The lowest BCUT2D eigenvalue weighted by Gasteiger charge is -2.39. The smallest absolute Gasteiger partial charge is 0.311 e. The molecule has 31 heavy (non-hydrogen) atoms. The van der Waals surface area contributed by atoms with Gasteiger partial charge >= 0.3 is 12.2 Å². The first-order valence-corrected chi connectivity index (χ1v) is 9.69. The zero-order valence-electron chi connectivity index (χ0n) is 16.5. The van der Waals surface area contributed by atoms with Crippen molar-refractivity contribution in [3.05, 3.63) is 95.1 Å². The molecule has 2 aromatic carbocycles. The minimum atomic E-state index is -4.45. The Balaban J connectivity index is 1.72. The normalized spacial score (nSPS) is 18.4. The highest BCUT2D eigenvalue weighted by Gasteiger charge is 2.37. The van der Waals surface area contributed by atoms with Crippen molar-refractivity contribution in [2.24, 2.45) is 0 Å². The summed E-state index contributed by atoms with van der Waals surface area (Å²) >= 11 is 0. The minimum absolute atomic E-state index is 0.0200. The monoisotopic (exact) mass is 429 g/mol. The Kier molecular flexibility index (Phi) is 5.39. The quantitative estimate of drug-likeness (QED) is 0.510. The number of fused-ring (bicyclic) bond motifs is 1. The number of hydrogen-bond donors (Lipinski definition) is 1. The number of nitrogens with one attached hydrogen (secondary N) is 1. The lowest BCUT2D eigenvalue weighted by atomic mass is 9.86. The van der Waals surface area contributed by atoms with Gasteiger partial charge < -0.3 is 10.2 Å². The van der Waals surface area contributed by atoms with E-state index < -0.39 is 29.6 Å². The van der Waals surface area contributed by atoms with Gasteiger partial charge in [-0.2, -0.15) is 13.2 Å². The molecule has 1 aromatic heterocycles. The number of benzene rings is 2. The van der Waals surface area contributed by atoms with E-state index >= 15 is 0 Å². The van der Waals surface area contributed by atoms with Crippen LogP contribution in [0.1, 0.15) is 41.3 Å². The Labute approximate surface area is 176 Å². The predicted octanol–water partition coefficient (Wildman–Crippen LogP) is 5.98. The molecular weight excluding hydrogens is 410 g/mol. The van der Waals surface area contributed by atoms with Crippen molar-refractivity contribution in [1.82, 2.24) is 9.88 Å². The van der Waals surface area contributed by atoms with E-state index in [-0.39, 0.29) is 5.92 Å². The summed E-state index contributed by atoms with van der Waals surface area (Å²) < 4.78 is 52.2. The largest absolute Gasteiger partial charge is 0.416 e. The molecule has 0 unspecified atom stereocenters. The number of rotatable bonds is 2. The lowest BCUT2D eigenvalue weighted by molar-refractivity contribution is -0.137. The number of alkyl halides is 3. The average molecular weight is 429 g/mol. The highest BCUT2D eigenvalue weighted by Crippen LogP contribution is 2.39. The minimum Gasteiger partial charge on any atom is -0.311 e. The van der Waals surface area contributed by atoms with Crippen LogP contribution in [0.25, 0.3) is 0 Å². The molecule has 0 bridgehead atoms. The SMILES string of the molecule is C[C@@H]1CN(C(=O)Nc2ccc(F)cc2)[C@H](c2ccc(C(F)(F)F)cc2)c2ncccc21. The van der Waals surface area contributed by atoms with Crippen molar-refractivity contribution >= 4 is 11.7 Å². The molecule has 2 heterocycles. The van der Waals surface area contributed by atoms with Crippen LogP contribution in [0.4, 0.5) is 28.0 Å². The molecule has 0 saturated heterocycles. The van der Waals surface area contributed by atoms with E-state index in [1.165, 1.54) is 36.4 Å². The Bertz CT molecular complexity index is 1080. The van der Waals surface area contributed by atoms with E-state index in [0.29, 0.717) is 23.5 Å². The molecule has 4 rings (SSSR count). The molecule has 0 saturated carbocycles. The molecule has 4 nitrogen and oxygen atoms in total. The highest BCUT2D eigenvalue weighted by atomic mass is 19.4. The van der Waals surface area contributed by atoms with Gasteiger partial charge in [0.2, 0.25) is 0 Å². The van der Waals surface area contributed by atoms with Crippen LogP contribution in [0, 0.1) is 5.82 Å². The summed E-state index contributed by atoms with van der Waals surface area (Å²) in [5, 5.41) is 2.74. The molecule has 1 aliphatic heterocycles. The summed E-state index contributed by atoms with van der Waals surface area (Å²) in [5.74, 6) is -0.446. The van der Waals surface area contributed by atoms with Gasteiger partial charge in [-0.1, -0.05) is 25.1 Å². The summed E-state index contributed by atoms with van der Waals surface area (Å²) in [7, 11) is 0. The highest BCUT2D eigenvalue weighted by molar-refractivity contribution is 5.90. The van der Waals surface area contributed by atoms with Crippen LogP contribution >= 0.6 is 0 Å². The fraction of sp³-hybridized carbons (Fsp3) is 0.217. The van der Waals surface area contributed by atoms with Gasteiger partial charge in [0, 0.05) is 24.3 Å². The molecule has 1 aliphatic rings. The number of anilines is 1. The summed E-state index contributed by atoms with van der Waals surface area (Å²) in [6.45, 7) is 2.30. The fourth-order valence-electron chi connectivity index (χ4n) is 3.84. The third-order valence-electron chi connectivity index (χ3n) is 5.35. The van der Waals surface area contributed by atoms with Crippen LogP contribution in [-0.2, 0) is 6.18 Å². The summed E-state index contributed by atoms with van der Waals surface area (Å²) in [6, 6.07) is 12.7. The molecule has 0 spiro atoms. The van der Waals surface area contributed by atoms with E-state index in [1.54, 1.807) is 17.2 Å². The van der Waals surface area contributed by atoms with Crippen LogP contribution in [0.15, 0.2) is 66.9 Å². The van der Waals surface area contributed by atoms with Gasteiger partial charge in [0.15, 0.2) is 0 Å². The fourth-order valence-corrected chi connectivity index (χ4v) is 3.84. The van der Waals surface area contributed by atoms with Crippen molar-refractivity contribution in [3.63, 3.8) is 0 Å². The molecule has 160 valence electrons. The van der Waals surface area contributed by atoms with Crippen LogP contribution in [0.3, 0.4) is 0 Å². The van der Waals surface area contributed by atoms with E-state index in [4.69, 9.17) is 0 Å². The van der Waals surface area contributed by atoms with Gasteiger partial charge in [0.05, 0.1) is 11.3 Å². The van der Waals surface area contributed by atoms with E-state index in [2.05, 4.69) is 10.3 Å². The Morgan fingerprint density at radius 1 is 1.06 bits per heavy atom. The molecular formula is C23H19F4N3O. The molecule has 3 aromatic rings. The molecule has 0 fully saturated rings. The maximum atomic E-state index is 13.2. The van der Waals surface area contributed by atoms with Crippen LogP contribution in [0.2, 0.25) is 0 Å². The first-order valence-electron chi connectivity index (χ1n) is 9.69. The van der Waals surface area contributed by atoms with Gasteiger partial charge in [0.1, 0.15) is 11.9 Å². The van der Waals surface area contributed by atoms with Crippen molar-refractivity contribution in [2.45, 2.75) is 25.1 Å². The molecule has 2 atom stereocenters. The number of halogens is 4. The van der Waals surface area contributed by atoms with Gasteiger partial charge in [-0.25, -0.2) is 9.18 Å². The van der Waals surface area contributed by atoms with Crippen molar-refractivity contribution in [3.8, 4) is 0 Å². The Morgan fingerprint density at radius 3 is 2.39 bits per heavy atom. The molecule has 8 heteroatoms. The zero-order chi connectivity index (χ0) is 22.2. The molecule has 0 radical (unpaired) electrons. The van der Waals surface area contributed by atoms with E-state index in [0.717, 1.165) is 17.7 Å². The summed E-state index contributed by atoms with van der Waals surface area (Å²) in [4.78, 5) is 19.1. The zero-order valence-corrected chi connectivity index (χ0v) is 16.5. The first kappa shape index (κ1) is 20.8. The van der Waals surface area contributed by atoms with Gasteiger partial charge in [-0.15, -0.1) is 0 Å². The van der Waals surface area contributed by atoms with Gasteiger partial charge in [-0.05, 0) is 53.6 Å². The second-order valence-electron chi connectivity index (χ2n) is 7.49. The van der Waals surface area contributed by atoms with Crippen molar-refractivity contribution in [1.29, 1.82) is 0 Å². The molecule has 1 N–H and O–H groups in total. The Hall–Kier alpha value is -3.42. The number of pyridine rings is 1. The second kappa shape index (κ2) is 8.02. The van der Waals surface area contributed by atoms with Gasteiger partial charge in [0.25, 0.3) is 0 Å². The number of hydrogen-bond acceptors (Lipinski definition) is 2. The maximum Gasteiger partial charge on any atom is 0.416 e. The number of urea groups is 1. The average Bonchev–Trinajstić information content (AvgIpc) is 2.75. The summed E-state index contributed by atoms with van der Waals surface area (Å²) in [6.07, 6.45) is -2.85. The van der Waals surface area contributed by atoms with Crippen molar-refractivity contribution < 1.29 is 22.4 Å². The topological polar surface area (TPSA) is 45.2 Å². The van der Waals surface area contributed by atoms with E-state index in [1.807, 2.05) is 13.0 Å². The first-order chi connectivity index (χ1) is 14.7. The van der Waals surface area contributed by atoms with E-state index in [9.17, 15) is 22.4 Å². The number of amides is 2. The number of nitrogens with zero attached hydrogens (tertiary/aromatic N) is 2. The molecule has 0 aliphatic carbocycles.